The van der Waals surface area contributed by atoms with Crippen LogP contribution >= 0.6 is 11.6 Å². The molecule has 0 bridgehead atoms. The quantitative estimate of drug-likeness (QED) is 0.359. The van der Waals surface area contributed by atoms with Crippen LogP contribution in [0.4, 0.5) is 5.69 Å². The Balaban J connectivity index is 1.88. The van der Waals surface area contributed by atoms with Crippen molar-refractivity contribution in [1.82, 2.24) is 10.2 Å². The van der Waals surface area contributed by atoms with Gasteiger partial charge in [-0.15, -0.1) is 0 Å². The van der Waals surface area contributed by atoms with Crippen LogP contribution in [-0.4, -0.2) is 49.5 Å². The first kappa shape index (κ1) is 30.0. The number of carbonyl (C=O) groups excluding carboxylic acids is 2. The molecule has 0 aliphatic carbocycles. The van der Waals surface area contributed by atoms with Crippen molar-refractivity contribution in [1.29, 1.82) is 0 Å². The van der Waals surface area contributed by atoms with Gasteiger partial charge >= 0.3 is 0 Å². The summed E-state index contributed by atoms with van der Waals surface area (Å²) in [7, 11) is -3.86. The molecule has 3 aromatic rings. The molecule has 8 nitrogen and oxygen atoms in total. The molecule has 3 rings (SSSR count). The lowest BCUT2D eigenvalue weighted by Crippen LogP contribution is -2.54. The third kappa shape index (κ3) is 8.73. The summed E-state index contributed by atoms with van der Waals surface area (Å²) < 4.78 is 32.4. The molecular formula is C29H34ClN3O5S. The second-order valence-electron chi connectivity index (χ2n) is 10.2. The van der Waals surface area contributed by atoms with Gasteiger partial charge in [0.25, 0.3) is 0 Å². The fourth-order valence-electron chi connectivity index (χ4n) is 3.79. The molecule has 208 valence electrons. The molecule has 0 fully saturated rings. The van der Waals surface area contributed by atoms with Gasteiger partial charge in [-0.2, -0.15) is 0 Å². The van der Waals surface area contributed by atoms with Crippen LogP contribution in [0.5, 0.6) is 11.5 Å². The number of sulfonamides is 1. The Morgan fingerprint density at radius 1 is 0.923 bits per heavy atom. The molecule has 1 atom stereocenters. The zero-order chi connectivity index (χ0) is 28.8. The van der Waals surface area contributed by atoms with Crippen LogP contribution in [0.25, 0.3) is 0 Å². The first-order chi connectivity index (χ1) is 18.2. The molecule has 0 aliphatic rings. The van der Waals surface area contributed by atoms with Crippen molar-refractivity contribution >= 4 is 39.1 Å². The normalized spacial score (nSPS) is 12.4. The zero-order valence-electron chi connectivity index (χ0n) is 22.7. The van der Waals surface area contributed by atoms with E-state index >= 15 is 0 Å². The highest BCUT2D eigenvalue weighted by molar-refractivity contribution is 7.92. The standard InChI is InChI=1S/C29H34ClN3O5S/c1-21(28(35)31-29(2,3)4)32(19-22-11-9-10-14-26(22)30)27(34)20-33(39(5,36)37)23-15-17-25(18-16-23)38-24-12-7-6-8-13-24/h6-18,21H,19-20H2,1-5H3,(H,31,35)/t21-/m0/s1. The van der Waals surface area contributed by atoms with Gasteiger partial charge in [-0.1, -0.05) is 48.0 Å². The number of benzene rings is 3. The lowest BCUT2D eigenvalue weighted by Gasteiger charge is -2.33. The average molecular weight is 572 g/mol. The highest BCUT2D eigenvalue weighted by Gasteiger charge is 2.31. The van der Waals surface area contributed by atoms with Gasteiger partial charge in [-0.3, -0.25) is 13.9 Å². The topological polar surface area (TPSA) is 96.0 Å². The zero-order valence-corrected chi connectivity index (χ0v) is 24.3. The minimum atomic E-state index is -3.86. The second-order valence-corrected chi connectivity index (χ2v) is 12.5. The van der Waals surface area contributed by atoms with Crippen LogP contribution in [0.2, 0.25) is 5.02 Å². The molecule has 0 unspecified atom stereocenters. The van der Waals surface area contributed by atoms with Crippen molar-refractivity contribution in [3.8, 4) is 11.5 Å². The van der Waals surface area contributed by atoms with E-state index in [0.717, 1.165) is 10.6 Å². The van der Waals surface area contributed by atoms with E-state index in [0.29, 0.717) is 22.1 Å². The summed E-state index contributed by atoms with van der Waals surface area (Å²) in [6.45, 7) is 6.65. The number of para-hydroxylation sites is 1. The second kappa shape index (κ2) is 12.5. The van der Waals surface area contributed by atoms with E-state index in [2.05, 4.69) is 5.32 Å². The lowest BCUT2D eigenvalue weighted by atomic mass is 10.1. The van der Waals surface area contributed by atoms with Crippen molar-refractivity contribution < 1.29 is 22.7 Å². The van der Waals surface area contributed by atoms with Gasteiger partial charge in [0.2, 0.25) is 21.8 Å². The van der Waals surface area contributed by atoms with Gasteiger partial charge in [-0.05, 0) is 75.7 Å². The minimum absolute atomic E-state index is 0.0265. The van der Waals surface area contributed by atoms with Crippen LogP contribution in [0.1, 0.15) is 33.3 Å². The molecule has 0 saturated heterocycles. The Morgan fingerprint density at radius 3 is 2.05 bits per heavy atom. The SMILES string of the molecule is C[C@@H](C(=O)NC(C)(C)C)N(Cc1ccccc1Cl)C(=O)CN(c1ccc(Oc2ccccc2)cc1)S(C)(=O)=O. The molecule has 0 aliphatic heterocycles. The van der Waals surface area contributed by atoms with Crippen molar-refractivity contribution in [2.75, 3.05) is 17.1 Å². The largest absolute Gasteiger partial charge is 0.457 e. The van der Waals surface area contributed by atoms with Crippen LogP contribution in [0.3, 0.4) is 0 Å². The monoisotopic (exact) mass is 571 g/mol. The number of nitrogens with one attached hydrogen (secondary N) is 1. The van der Waals surface area contributed by atoms with E-state index in [1.165, 1.54) is 4.90 Å². The number of ether oxygens (including phenoxy) is 1. The van der Waals surface area contributed by atoms with Gasteiger partial charge < -0.3 is 15.0 Å². The van der Waals surface area contributed by atoms with E-state index in [4.69, 9.17) is 16.3 Å². The van der Waals surface area contributed by atoms with E-state index in [1.54, 1.807) is 67.6 Å². The fraction of sp³-hybridized carbons (Fsp3) is 0.310. The Bertz CT molecular complexity index is 1390. The number of amides is 2. The molecule has 2 amide bonds. The van der Waals surface area contributed by atoms with Crippen molar-refractivity contribution in [2.45, 2.75) is 45.8 Å². The maximum Gasteiger partial charge on any atom is 0.244 e. The Morgan fingerprint density at radius 2 is 1.49 bits per heavy atom. The first-order valence-electron chi connectivity index (χ1n) is 12.4. The predicted octanol–water partition coefficient (Wildman–Crippen LogP) is 5.23. The Hall–Kier alpha value is -3.56. The highest BCUT2D eigenvalue weighted by Crippen LogP contribution is 2.26. The maximum absolute atomic E-state index is 13.7. The summed E-state index contributed by atoms with van der Waals surface area (Å²) in [6.07, 6.45) is 1.03. The van der Waals surface area contributed by atoms with Gasteiger partial charge in [0, 0.05) is 17.1 Å². The van der Waals surface area contributed by atoms with Crippen molar-refractivity contribution in [3.05, 3.63) is 89.4 Å². The van der Waals surface area contributed by atoms with Gasteiger partial charge in [-0.25, -0.2) is 8.42 Å². The summed E-state index contributed by atoms with van der Waals surface area (Å²) in [4.78, 5) is 28.1. The van der Waals surface area contributed by atoms with Crippen molar-refractivity contribution in [2.24, 2.45) is 0 Å². The Kier molecular flexibility index (Phi) is 9.63. The molecule has 0 heterocycles. The number of hydrogen-bond acceptors (Lipinski definition) is 5. The molecule has 0 radical (unpaired) electrons. The number of nitrogens with zero attached hydrogens (tertiary/aromatic N) is 2. The van der Waals surface area contributed by atoms with Crippen LogP contribution in [0.15, 0.2) is 78.9 Å². The molecule has 0 spiro atoms. The number of carbonyl (C=O) groups is 2. The minimum Gasteiger partial charge on any atom is -0.457 e. The summed E-state index contributed by atoms with van der Waals surface area (Å²) in [5.41, 5.74) is 0.402. The van der Waals surface area contributed by atoms with E-state index in [9.17, 15) is 18.0 Å². The number of hydrogen-bond donors (Lipinski definition) is 1. The van der Waals surface area contributed by atoms with Crippen LogP contribution < -0.4 is 14.4 Å². The van der Waals surface area contributed by atoms with E-state index < -0.39 is 34.1 Å². The molecule has 39 heavy (non-hydrogen) atoms. The van der Waals surface area contributed by atoms with Gasteiger partial charge in [0.05, 0.1) is 11.9 Å². The molecular weight excluding hydrogens is 538 g/mol. The Labute approximate surface area is 235 Å². The predicted molar refractivity (Wildman–Crippen MR) is 155 cm³/mol. The third-order valence-electron chi connectivity index (χ3n) is 5.75. The van der Waals surface area contributed by atoms with Crippen LogP contribution in [-0.2, 0) is 26.2 Å². The number of rotatable bonds is 10. The van der Waals surface area contributed by atoms with E-state index in [-0.39, 0.29) is 18.1 Å². The first-order valence-corrected chi connectivity index (χ1v) is 14.6. The lowest BCUT2D eigenvalue weighted by molar-refractivity contribution is -0.140. The number of anilines is 1. The molecule has 10 heteroatoms. The van der Waals surface area contributed by atoms with E-state index in [1.807, 2.05) is 39.0 Å². The maximum atomic E-state index is 13.7. The summed E-state index contributed by atoms with van der Waals surface area (Å²) in [6, 6.07) is 21.7. The van der Waals surface area contributed by atoms with Crippen molar-refractivity contribution in [3.63, 3.8) is 0 Å². The average Bonchev–Trinajstić information content (AvgIpc) is 2.86. The summed E-state index contributed by atoms with van der Waals surface area (Å²) >= 11 is 6.35. The van der Waals surface area contributed by atoms with Gasteiger partial charge in [0.15, 0.2) is 0 Å². The summed E-state index contributed by atoms with van der Waals surface area (Å²) in [5.74, 6) is 0.230. The molecule has 1 N–H and O–H groups in total. The smallest absolute Gasteiger partial charge is 0.244 e. The number of halogens is 1. The fourth-order valence-corrected chi connectivity index (χ4v) is 4.83. The molecule has 0 saturated carbocycles. The third-order valence-corrected chi connectivity index (χ3v) is 7.26. The van der Waals surface area contributed by atoms with Crippen LogP contribution in [0, 0.1) is 0 Å². The molecule has 3 aromatic carbocycles. The van der Waals surface area contributed by atoms with Gasteiger partial charge in [0.1, 0.15) is 24.1 Å². The molecule has 0 aromatic heterocycles. The highest BCUT2D eigenvalue weighted by atomic mass is 35.5. The summed E-state index contributed by atoms with van der Waals surface area (Å²) in [5, 5.41) is 3.32.